The summed E-state index contributed by atoms with van der Waals surface area (Å²) in [6.07, 6.45) is 6.69. The van der Waals surface area contributed by atoms with Crippen molar-refractivity contribution < 1.29 is 29.0 Å². The average Bonchev–Trinajstić information content (AvgIpc) is 3.39. The number of ether oxygens (including phenoxy) is 2. The molecule has 0 saturated carbocycles. The van der Waals surface area contributed by atoms with Crippen LogP contribution in [-0.2, 0) is 23.9 Å². The Balaban J connectivity index is 1.96. The van der Waals surface area contributed by atoms with Gasteiger partial charge < -0.3 is 24.4 Å². The molecule has 2 bridgehead atoms. The van der Waals surface area contributed by atoms with Gasteiger partial charge in [-0.15, -0.1) is 6.58 Å². The summed E-state index contributed by atoms with van der Waals surface area (Å²) in [6.45, 7) is 9.37. The lowest BCUT2D eigenvalue weighted by Crippen LogP contribution is -2.57. The van der Waals surface area contributed by atoms with Gasteiger partial charge in [0.05, 0.1) is 24.5 Å². The molecule has 0 aromatic heterocycles. The molecule has 3 fully saturated rings. The predicted octanol–water partition coefficient (Wildman–Crippen LogP) is 2.66. The number of carbonyl (C=O) groups excluding carboxylic acids is 3. The number of fused-ring (bicyclic) bond motifs is 1. The van der Waals surface area contributed by atoms with Gasteiger partial charge in [-0.05, 0) is 39.0 Å². The summed E-state index contributed by atoms with van der Waals surface area (Å²) in [6, 6.07) is -0.787. The van der Waals surface area contributed by atoms with E-state index in [-0.39, 0.29) is 29.9 Å². The number of carbonyl (C=O) groups is 3. The van der Waals surface area contributed by atoms with Gasteiger partial charge in [-0.3, -0.25) is 14.4 Å². The van der Waals surface area contributed by atoms with Crippen LogP contribution in [0.1, 0.15) is 58.8 Å². The number of esters is 1. The molecule has 1 N–H and O–H groups in total. The number of hydrogen-bond acceptors (Lipinski definition) is 6. The summed E-state index contributed by atoms with van der Waals surface area (Å²) in [5.41, 5.74) is -1.05. The van der Waals surface area contributed by atoms with E-state index in [9.17, 15) is 14.4 Å². The van der Waals surface area contributed by atoms with Crippen LogP contribution in [0.2, 0.25) is 0 Å². The lowest BCUT2D eigenvalue weighted by Gasteiger charge is -2.37. The van der Waals surface area contributed by atoms with E-state index in [1.807, 2.05) is 0 Å². The standard InChI is InChI=1S/C25H39BrN2O6/c1-4-7-9-13-27(12-5-2)23(31)21-25-16-17(26)20(34-25)18(24(32)33-6-3)19(25)22(30)28(21)14-10-8-11-15-29/h5,17-21,29H,2,4,6-16H2,1,3H3/t17?,18-,19+,20-,21-,25+/m0/s1. The van der Waals surface area contributed by atoms with Crippen molar-refractivity contribution in [3.63, 3.8) is 0 Å². The first-order chi connectivity index (χ1) is 16.4. The number of halogens is 1. The van der Waals surface area contributed by atoms with Crippen molar-refractivity contribution >= 4 is 33.7 Å². The topological polar surface area (TPSA) is 96.4 Å². The highest BCUT2D eigenvalue weighted by Gasteiger charge is 2.77. The number of nitrogens with zero attached hydrogens (tertiary/aromatic N) is 2. The maximum absolute atomic E-state index is 14.0. The Morgan fingerprint density at radius 2 is 2.06 bits per heavy atom. The molecule has 0 aliphatic carbocycles. The van der Waals surface area contributed by atoms with Crippen LogP contribution in [0.25, 0.3) is 0 Å². The molecule has 3 aliphatic rings. The largest absolute Gasteiger partial charge is 0.466 e. The number of rotatable bonds is 14. The Bertz CT molecular complexity index is 764. The van der Waals surface area contributed by atoms with Gasteiger partial charge in [-0.2, -0.15) is 0 Å². The fourth-order valence-corrected chi connectivity index (χ4v) is 6.84. The second kappa shape index (κ2) is 12.0. The van der Waals surface area contributed by atoms with Gasteiger partial charge >= 0.3 is 5.97 Å². The second-order valence-electron chi connectivity index (χ2n) is 9.51. The molecule has 0 aromatic carbocycles. The Kier molecular flexibility index (Phi) is 9.57. The first kappa shape index (κ1) is 27.1. The smallest absolute Gasteiger partial charge is 0.312 e. The highest BCUT2D eigenvalue weighted by atomic mass is 79.9. The van der Waals surface area contributed by atoms with Gasteiger partial charge in [0, 0.05) is 31.1 Å². The third kappa shape index (κ3) is 4.93. The SMILES string of the molecule is C=CCN(CCCCC)C(=O)[C@@H]1N(CCCCCO)C(=O)[C@H]2[C@H](C(=O)OCC)[C@H]3O[C@@]12CC3Br. The van der Waals surface area contributed by atoms with E-state index in [4.69, 9.17) is 14.6 Å². The zero-order valence-electron chi connectivity index (χ0n) is 20.4. The minimum Gasteiger partial charge on any atom is -0.466 e. The molecule has 3 rings (SSSR count). The van der Waals surface area contributed by atoms with Crippen molar-refractivity contribution in [1.29, 1.82) is 0 Å². The van der Waals surface area contributed by atoms with Crippen molar-refractivity contribution in [2.24, 2.45) is 11.8 Å². The van der Waals surface area contributed by atoms with E-state index < -0.39 is 35.6 Å². The fraction of sp³-hybridized carbons (Fsp3) is 0.800. The molecule has 192 valence electrons. The molecule has 3 saturated heterocycles. The van der Waals surface area contributed by atoms with Crippen molar-refractivity contribution in [3.8, 4) is 0 Å². The van der Waals surface area contributed by atoms with E-state index in [1.165, 1.54) is 0 Å². The number of aliphatic hydroxyl groups excluding tert-OH is 1. The zero-order valence-corrected chi connectivity index (χ0v) is 22.0. The first-order valence-corrected chi connectivity index (χ1v) is 13.6. The van der Waals surface area contributed by atoms with Crippen molar-refractivity contribution in [3.05, 3.63) is 12.7 Å². The summed E-state index contributed by atoms with van der Waals surface area (Å²) in [4.78, 5) is 44.1. The van der Waals surface area contributed by atoms with Crippen LogP contribution in [0.3, 0.4) is 0 Å². The Labute approximate surface area is 211 Å². The summed E-state index contributed by atoms with van der Waals surface area (Å²) in [5.74, 6) is -2.22. The molecule has 9 heteroatoms. The summed E-state index contributed by atoms with van der Waals surface area (Å²) in [7, 11) is 0. The monoisotopic (exact) mass is 542 g/mol. The van der Waals surface area contributed by atoms with E-state index in [1.54, 1.807) is 22.8 Å². The highest BCUT2D eigenvalue weighted by Crippen LogP contribution is 2.60. The molecule has 1 unspecified atom stereocenters. The Morgan fingerprint density at radius 3 is 2.71 bits per heavy atom. The number of likely N-dealkylation sites (tertiary alicyclic amines) is 1. The van der Waals surface area contributed by atoms with E-state index in [0.29, 0.717) is 38.9 Å². The molecule has 34 heavy (non-hydrogen) atoms. The van der Waals surface area contributed by atoms with Crippen molar-refractivity contribution in [1.82, 2.24) is 9.80 Å². The van der Waals surface area contributed by atoms with Crippen LogP contribution in [0, 0.1) is 11.8 Å². The maximum Gasteiger partial charge on any atom is 0.312 e. The van der Waals surface area contributed by atoms with Crippen LogP contribution in [0.15, 0.2) is 12.7 Å². The van der Waals surface area contributed by atoms with Crippen molar-refractivity contribution in [2.45, 2.75) is 81.4 Å². The average molecular weight is 543 g/mol. The third-order valence-electron chi connectivity index (χ3n) is 7.33. The minimum atomic E-state index is -1.05. The molecule has 1 spiro atoms. The molecule has 2 amide bonds. The Hall–Kier alpha value is -1.45. The van der Waals surface area contributed by atoms with Gasteiger partial charge in [0.15, 0.2) is 0 Å². The van der Waals surface area contributed by atoms with Gasteiger partial charge in [-0.1, -0.05) is 41.8 Å². The summed E-state index contributed by atoms with van der Waals surface area (Å²) >= 11 is 3.66. The highest BCUT2D eigenvalue weighted by molar-refractivity contribution is 9.09. The van der Waals surface area contributed by atoms with Crippen LogP contribution < -0.4 is 0 Å². The van der Waals surface area contributed by atoms with Crippen LogP contribution in [-0.4, -0.2) is 88.1 Å². The molecular formula is C25H39BrN2O6. The van der Waals surface area contributed by atoms with Gasteiger partial charge in [-0.25, -0.2) is 0 Å². The first-order valence-electron chi connectivity index (χ1n) is 12.7. The van der Waals surface area contributed by atoms with Gasteiger partial charge in [0.1, 0.15) is 11.6 Å². The maximum atomic E-state index is 14.0. The van der Waals surface area contributed by atoms with Gasteiger partial charge in [0.2, 0.25) is 11.8 Å². The molecule has 0 aromatic rings. The van der Waals surface area contributed by atoms with Crippen LogP contribution in [0.5, 0.6) is 0 Å². The van der Waals surface area contributed by atoms with Crippen LogP contribution in [0.4, 0.5) is 0 Å². The molecule has 3 heterocycles. The summed E-state index contributed by atoms with van der Waals surface area (Å²) in [5, 5.41) is 9.15. The Morgan fingerprint density at radius 1 is 1.29 bits per heavy atom. The minimum absolute atomic E-state index is 0.0917. The van der Waals surface area contributed by atoms with E-state index >= 15 is 0 Å². The second-order valence-corrected chi connectivity index (χ2v) is 10.7. The molecule has 3 aliphatic heterocycles. The zero-order chi connectivity index (χ0) is 24.9. The summed E-state index contributed by atoms with van der Waals surface area (Å²) < 4.78 is 11.8. The molecule has 6 atom stereocenters. The predicted molar refractivity (Wildman–Crippen MR) is 131 cm³/mol. The number of unbranched alkanes of at least 4 members (excludes halogenated alkanes) is 4. The fourth-order valence-electron chi connectivity index (χ4n) is 5.90. The molecule has 0 radical (unpaired) electrons. The number of hydrogen-bond donors (Lipinski definition) is 1. The van der Waals surface area contributed by atoms with Crippen LogP contribution >= 0.6 is 15.9 Å². The lowest BCUT2D eigenvalue weighted by atomic mass is 9.70. The molecule has 8 nitrogen and oxygen atoms in total. The quantitative estimate of drug-likeness (QED) is 0.157. The number of amides is 2. The van der Waals surface area contributed by atoms with E-state index in [2.05, 4.69) is 29.4 Å². The van der Waals surface area contributed by atoms with E-state index in [0.717, 1.165) is 25.7 Å². The third-order valence-corrected chi connectivity index (χ3v) is 8.18. The number of aliphatic hydroxyl groups is 1. The lowest BCUT2D eigenvalue weighted by molar-refractivity contribution is -0.154. The molecular weight excluding hydrogens is 504 g/mol. The van der Waals surface area contributed by atoms with Crippen molar-refractivity contribution in [2.75, 3.05) is 32.8 Å². The van der Waals surface area contributed by atoms with Gasteiger partial charge in [0.25, 0.3) is 0 Å². The number of alkyl halides is 1. The normalized spacial score (nSPS) is 31.6.